The molecule has 0 bridgehead atoms. The summed E-state index contributed by atoms with van der Waals surface area (Å²) in [5.41, 5.74) is 5.76. The zero-order valence-electron chi connectivity index (χ0n) is 21.1. The molecule has 3 aromatic carbocycles. The van der Waals surface area contributed by atoms with E-state index in [1.807, 2.05) is 0 Å². The van der Waals surface area contributed by atoms with Crippen molar-refractivity contribution in [1.29, 1.82) is 0 Å². The van der Waals surface area contributed by atoms with Crippen molar-refractivity contribution in [2.75, 3.05) is 5.32 Å². The molecule has 4 aromatic rings. The lowest BCUT2D eigenvalue weighted by molar-refractivity contribution is -0.137. The first-order valence-electron chi connectivity index (χ1n) is 12.6. The average Bonchev–Trinajstić information content (AvgIpc) is 3.42. The van der Waals surface area contributed by atoms with E-state index < -0.39 is 35.1 Å². The molecule has 0 saturated heterocycles. The van der Waals surface area contributed by atoms with E-state index in [0.717, 1.165) is 25.0 Å². The van der Waals surface area contributed by atoms with Crippen molar-refractivity contribution in [3.63, 3.8) is 0 Å². The van der Waals surface area contributed by atoms with Gasteiger partial charge in [-0.2, -0.15) is 13.2 Å². The van der Waals surface area contributed by atoms with Crippen molar-refractivity contribution in [2.45, 2.75) is 37.5 Å². The van der Waals surface area contributed by atoms with Crippen LogP contribution in [0.3, 0.4) is 0 Å². The van der Waals surface area contributed by atoms with Gasteiger partial charge in [0.05, 0.1) is 16.6 Å². The molecular weight excluding hydrogens is 523 g/mol. The van der Waals surface area contributed by atoms with Crippen LogP contribution in [0.25, 0.3) is 22.0 Å². The average molecular weight is 548 g/mol. The first-order valence-corrected chi connectivity index (χ1v) is 12.6. The van der Waals surface area contributed by atoms with E-state index in [9.17, 15) is 27.6 Å². The fourth-order valence-electron chi connectivity index (χ4n) is 4.86. The molecule has 1 fully saturated rings. The lowest BCUT2D eigenvalue weighted by atomic mass is 9.98. The van der Waals surface area contributed by atoms with Gasteiger partial charge in [0.1, 0.15) is 0 Å². The Morgan fingerprint density at radius 2 is 1.62 bits per heavy atom. The van der Waals surface area contributed by atoms with Gasteiger partial charge in [-0.1, -0.05) is 36.4 Å². The lowest BCUT2D eigenvalue weighted by Gasteiger charge is -2.25. The Morgan fingerprint density at radius 1 is 0.925 bits per heavy atom. The molecule has 40 heavy (non-hydrogen) atoms. The van der Waals surface area contributed by atoms with E-state index >= 15 is 0 Å². The number of halogens is 3. The predicted octanol–water partition coefficient (Wildman–Crippen LogP) is 6.13. The van der Waals surface area contributed by atoms with Gasteiger partial charge >= 0.3 is 12.1 Å². The highest BCUT2D eigenvalue weighted by molar-refractivity contribution is 6.09. The minimum atomic E-state index is -4.46. The number of aromatic nitrogens is 1. The van der Waals surface area contributed by atoms with Gasteiger partial charge in [-0.25, -0.2) is 4.79 Å². The highest BCUT2D eigenvalue weighted by atomic mass is 19.4. The molecule has 1 aliphatic carbocycles. The quantitative estimate of drug-likeness (QED) is 0.282. The Bertz CT molecular complexity index is 1610. The number of pyridine rings is 1. The summed E-state index contributed by atoms with van der Waals surface area (Å²) in [5, 5.41) is 3.41. The molecule has 7 nitrogen and oxygen atoms in total. The monoisotopic (exact) mass is 547 g/mol. The molecule has 10 heteroatoms. The fourth-order valence-corrected chi connectivity index (χ4v) is 4.86. The highest BCUT2D eigenvalue weighted by Crippen LogP contribution is 2.34. The number of carbonyl (C=O) groups excluding carboxylic acids is 3. The number of rotatable bonds is 6. The summed E-state index contributed by atoms with van der Waals surface area (Å²) in [7, 11) is 0. The number of carbonyl (C=O) groups is 3. The molecule has 0 radical (unpaired) electrons. The Morgan fingerprint density at radius 3 is 2.30 bits per heavy atom. The Hall–Kier alpha value is -4.73. The maximum Gasteiger partial charge on any atom is 0.416 e. The van der Waals surface area contributed by atoms with Crippen LogP contribution in [0, 0.1) is 0 Å². The molecular formula is C30H24F3N3O4. The van der Waals surface area contributed by atoms with Crippen LogP contribution in [0.15, 0.2) is 79.0 Å². The van der Waals surface area contributed by atoms with Crippen molar-refractivity contribution in [1.82, 2.24) is 4.98 Å². The molecule has 2 amide bonds. The molecule has 204 valence electrons. The normalized spacial score (nSPS) is 14.6. The molecule has 1 aromatic heterocycles. The van der Waals surface area contributed by atoms with Gasteiger partial charge in [0.2, 0.25) is 0 Å². The predicted molar refractivity (Wildman–Crippen MR) is 142 cm³/mol. The van der Waals surface area contributed by atoms with Crippen LogP contribution < -0.4 is 11.1 Å². The standard InChI is InChI=1S/C30H24F3N3O4/c31-30(32,33)21-10-7-18(8-11-21)23-5-1-2-6-24(23)26(37)36-22-12-9-19-15-20(17-35-25(19)16-22)27(38)40-29(28(34)39)13-3-4-14-29/h1-2,5-12,15-17H,3-4,13-14H2,(H2,34,39)(H,36,37). The van der Waals surface area contributed by atoms with Gasteiger partial charge in [-0.3, -0.25) is 14.6 Å². The Kier molecular flexibility index (Phi) is 7.01. The number of amides is 2. The minimum absolute atomic E-state index is 0.169. The number of hydrogen-bond donors (Lipinski definition) is 2. The number of ether oxygens (including phenoxy) is 1. The number of alkyl halides is 3. The molecule has 0 spiro atoms. The molecule has 0 aliphatic heterocycles. The second-order valence-electron chi connectivity index (χ2n) is 9.66. The van der Waals surface area contributed by atoms with Gasteiger partial charge in [0.25, 0.3) is 11.8 Å². The van der Waals surface area contributed by atoms with Crippen LogP contribution in [0.4, 0.5) is 18.9 Å². The SMILES string of the molecule is NC(=O)C1(OC(=O)c2cnc3cc(NC(=O)c4ccccc4-c4ccc(C(F)(F)F)cc4)ccc3c2)CCCC1. The Balaban J connectivity index is 1.34. The number of hydrogen-bond acceptors (Lipinski definition) is 5. The number of fused-ring (bicyclic) bond motifs is 1. The molecule has 3 N–H and O–H groups in total. The summed E-state index contributed by atoms with van der Waals surface area (Å²) in [6.45, 7) is 0. The molecule has 1 heterocycles. The van der Waals surface area contributed by atoms with Crippen molar-refractivity contribution in [3.05, 3.63) is 95.7 Å². The summed E-state index contributed by atoms with van der Waals surface area (Å²) in [6, 6.07) is 17.8. The van der Waals surface area contributed by atoms with Gasteiger partial charge in [0.15, 0.2) is 5.60 Å². The molecule has 1 aliphatic rings. The van der Waals surface area contributed by atoms with Crippen molar-refractivity contribution in [2.24, 2.45) is 5.73 Å². The number of nitrogens with zero attached hydrogens (tertiary/aromatic N) is 1. The van der Waals surface area contributed by atoms with E-state index in [-0.39, 0.29) is 11.1 Å². The topological polar surface area (TPSA) is 111 Å². The van der Waals surface area contributed by atoms with Crippen LogP contribution in [0.2, 0.25) is 0 Å². The van der Waals surface area contributed by atoms with Crippen molar-refractivity contribution >= 4 is 34.4 Å². The number of nitrogens with one attached hydrogen (secondary N) is 1. The van der Waals surface area contributed by atoms with E-state index in [0.29, 0.717) is 40.6 Å². The largest absolute Gasteiger partial charge is 0.445 e. The number of anilines is 1. The van der Waals surface area contributed by atoms with Crippen LogP contribution in [0.5, 0.6) is 0 Å². The summed E-state index contributed by atoms with van der Waals surface area (Å²) in [5.74, 6) is -1.80. The van der Waals surface area contributed by atoms with Gasteiger partial charge in [0, 0.05) is 22.8 Å². The van der Waals surface area contributed by atoms with Crippen LogP contribution >= 0.6 is 0 Å². The van der Waals surface area contributed by atoms with E-state index in [2.05, 4.69) is 10.3 Å². The lowest BCUT2D eigenvalue weighted by Crippen LogP contribution is -2.45. The van der Waals surface area contributed by atoms with E-state index in [1.54, 1.807) is 48.5 Å². The third-order valence-corrected chi connectivity index (χ3v) is 7.02. The van der Waals surface area contributed by atoms with E-state index in [1.165, 1.54) is 18.3 Å². The van der Waals surface area contributed by atoms with Crippen molar-refractivity contribution < 1.29 is 32.3 Å². The van der Waals surface area contributed by atoms with Gasteiger partial charge in [-0.05, 0) is 73.2 Å². The number of benzene rings is 3. The van der Waals surface area contributed by atoms with Gasteiger partial charge < -0.3 is 15.8 Å². The second kappa shape index (κ2) is 10.4. The van der Waals surface area contributed by atoms with Crippen LogP contribution in [-0.4, -0.2) is 28.4 Å². The third kappa shape index (κ3) is 5.38. The number of esters is 1. The molecule has 1 saturated carbocycles. The zero-order valence-corrected chi connectivity index (χ0v) is 21.1. The first-order chi connectivity index (χ1) is 19.1. The molecule has 5 rings (SSSR count). The smallest absolute Gasteiger partial charge is 0.416 e. The first kappa shape index (κ1) is 26.9. The molecule has 0 unspecified atom stereocenters. The van der Waals surface area contributed by atoms with Crippen LogP contribution in [-0.2, 0) is 15.7 Å². The third-order valence-electron chi connectivity index (χ3n) is 7.02. The summed E-state index contributed by atoms with van der Waals surface area (Å²) in [6.07, 6.45) is -0.854. The Labute approximate surface area is 227 Å². The fraction of sp³-hybridized carbons (Fsp3) is 0.200. The molecule has 0 atom stereocenters. The summed E-state index contributed by atoms with van der Waals surface area (Å²) >= 11 is 0. The minimum Gasteiger partial charge on any atom is -0.445 e. The van der Waals surface area contributed by atoms with E-state index in [4.69, 9.17) is 10.5 Å². The second-order valence-corrected chi connectivity index (χ2v) is 9.66. The summed E-state index contributed by atoms with van der Waals surface area (Å²) in [4.78, 5) is 42.2. The zero-order chi connectivity index (χ0) is 28.5. The highest BCUT2D eigenvalue weighted by Gasteiger charge is 2.43. The van der Waals surface area contributed by atoms with Crippen molar-refractivity contribution in [3.8, 4) is 11.1 Å². The maximum absolute atomic E-state index is 13.2. The number of primary amides is 1. The maximum atomic E-state index is 13.2. The van der Waals surface area contributed by atoms with Gasteiger partial charge in [-0.15, -0.1) is 0 Å². The number of nitrogens with two attached hydrogens (primary N) is 1. The van der Waals surface area contributed by atoms with Crippen LogP contribution in [0.1, 0.15) is 52.0 Å². The summed E-state index contributed by atoms with van der Waals surface area (Å²) < 4.78 is 44.4.